The van der Waals surface area contributed by atoms with E-state index in [4.69, 9.17) is 28.4 Å². The molecule has 1 fully saturated rings. The molecule has 7 rings (SSSR count). The Hall–Kier alpha value is -6.46. The molecule has 0 radical (unpaired) electrons. The Morgan fingerprint density at radius 2 is 1.54 bits per heavy atom. The van der Waals surface area contributed by atoms with Gasteiger partial charge in [-0.25, -0.2) is 17.6 Å². The maximum Gasteiger partial charge on any atom is 0.410 e. The van der Waals surface area contributed by atoms with Gasteiger partial charge in [0.1, 0.15) is 46.8 Å². The smallest absolute Gasteiger partial charge is 0.410 e. The minimum absolute atomic E-state index is 0.0148. The van der Waals surface area contributed by atoms with E-state index in [-0.39, 0.29) is 88.4 Å². The molecule has 2 aliphatic rings. The summed E-state index contributed by atoms with van der Waals surface area (Å²) in [5.74, 6) is -1.22. The molecule has 5 aromatic rings. The van der Waals surface area contributed by atoms with E-state index in [1.165, 1.54) is 40.6 Å². The first kappa shape index (κ1) is 61.2. The highest BCUT2D eigenvalue weighted by atomic mass is 32.2. The number of H-pyrrole nitrogens is 1. The molecule has 0 unspecified atom stereocenters. The lowest BCUT2D eigenvalue weighted by Crippen LogP contribution is -2.60. The number of amides is 4. The van der Waals surface area contributed by atoms with Gasteiger partial charge in [-0.2, -0.15) is 5.10 Å². The number of halogens is 1. The average Bonchev–Trinajstić information content (AvgIpc) is 4.06. The van der Waals surface area contributed by atoms with Gasteiger partial charge in [0.2, 0.25) is 17.7 Å². The van der Waals surface area contributed by atoms with Crippen LogP contribution < -0.4 is 20.7 Å². The molecule has 1 aliphatic carbocycles. The van der Waals surface area contributed by atoms with Gasteiger partial charge in [0.05, 0.1) is 79.9 Å². The molecular weight excluding hydrogens is 1050 g/mol. The van der Waals surface area contributed by atoms with Crippen LogP contribution in [0, 0.1) is 11.2 Å². The number of aryl methyl sites for hydroxylation is 1. The molecular formula is C58H79FN8O12S. The summed E-state index contributed by atoms with van der Waals surface area (Å²) in [5.41, 5.74) is 2.29. The van der Waals surface area contributed by atoms with E-state index in [0.717, 1.165) is 24.8 Å². The number of likely N-dealkylation sites (tertiary alicyclic amines) is 1. The predicted octanol–water partition coefficient (Wildman–Crippen LogP) is 7.96. The molecule has 1 saturated heterocycles. The van der Waals surface area contributed by atoms with Crippen molar-refractivity contribution in [3.8, 4) is 5.75 Å². The first-order chi connectivity index (χ1) is 37.7. The monoisotopic (exact) mass is 1130 g/mol. The summed E-state index contributed by atoms with van der Waals surface area (Å²) >= 11 is 0. The number of benzene rings is 3. The third kappa shape index (κ3) is 15.3. The second kappa shape index (κ2) is 26.0. The summed E-state index contributed by atoms with van der Waals surface area (Å²) in [7, 11) is -2.45. The molecule has 80 heavy (non-hydrogen) atoms. The maximum atomic E-state index is 14.7. The fourth-order valence-electron chi connectivity index (χ4n) is 9.48. The molecule has 436 valence electrons. The van der Waals surface area contributed by atoms with Crippen LogP contribution in [-0.4, -0.2) is 158 Å². The number of hydrogen-bond acceptors (Lipinski definition) is 15. The van der Waals surface area contributed by atoms with E-state index in [0.29, 0.717) is 33.3 Å². The lowest BCUT2D eigenvalue weighted by atomic mass is 9.85. The van der Waals surface area contributed by atoms with Gasteiger partial charge >= 0.3 is 6.09 Å². The van der Waals surface area contributed by atoms with Crippen molar-refractivity contribution in [3.63, 3.8) is 0 Å². The molecule has 4 N–H and O–H groups in total. The summed E-state index contributed by atoms with van der Waals surface area (Å²) in [6.45, 7) is 18.8. The number of aromatic nitrogens is 3. The molecule has 4 amide bonds. The molecule has 2 aromatic heterocycles. The number of pyridine rings is 1. The second-order valence-electron chi connectivity index (χ2n) is 23.3. The summed E-state index contributed by atoms with van der Waals surface area (Å²) in [4.78, 5) is 62.8. The molecule has 20 nitrogen and oxygen atoms in total. The van der Waals surface area contributed by atoms with Gasteiger partial charge in [0.25, 0.3) is 0 Å². The van der Waals surface area contributed by atoms with Crippen LogP contribution >= 0.6 is 0 Å². The fraction of sp³-hybridized carbons (Fsp3) is 0.552. The van der Waals surface area contributed by atoms with Crippen LogP contribution in [0.25, 0.3) is 21.8 Å². The number of carbonyl (C=O) groups is 4. The third-order valence-corrected chi connectivity index (χ3v) is 16.6. The number of ether oxygens (including phenoxy) is 6. The predicted molar refractivity (Wildman–Crippen MR) is 301 cm³/mol. The number of carbonyl (C=O) groups excluding carboxylic acids is 4. The zero-order chi connectivity index (χ0) is 58.2. The van der Waals surface area contributed by atoms with Crippen LogP contribution in [0.3, 0.4) is 0 Å². The van der Waals surface area contributed by atoms with Gasteiger partial charge in [0.15, 0.2) is 15.7 Å². The first-order valence-corrected chi connectivity index (χ1v) is 28.7. The highest BCUT2D eigenvalue weighted by Crippen LogP contribution is 2.39. The van der Waals surface area contributed by atoms with Gasteiger partial charge in [-0.15, -0.1) is 0 Å². The quantitative estimate of drug-likeness (QED) is 0.0454. The molecule has 0 spiro atoms. The Labute approximate surface area is 468 Å². The number of fused-ring (bicyclic) bond motifs is 3. The van der Waals surface area contributed by atoms with Crippen LogP contribution in [0.2, 0.25) is 0 Å². The molecule has 3 heterocycles. The number of anilines is 2. The summed E-state index contributed by atoms with van der Waals surface area (Å²) in [5, 5.41) is 17.5. The van der Waals surface area contributed by atoms with Crippen molar-refractivity contribution in [3.05, 3.63) is 83.8 Å². The number of aromatic amines is 1. The molecule has 22 heteroatoms. The van der Waals surface area contributed by atoms with E-state index in [2.05, 4.69) is 37.2 Å². The molecule has 5 atom stereocenters. The number of sulfone groups is 1. The summed E-state index contributed by atoms with van der Waals surface area (Å²) in [6, 6.07) is 14.0. The molecule has 1 aliphatic heterocycles. The minimum Gasteiger partial charge on any atom is -0.490 e. The van der Waals surface area contributed by atoms with Crippen molar-refractivity contribution in [2.24, 2.45) is 5.41 Å². The maximum absolute atomic E-state index is 14.7. The average molecular weight is 1130 g/mol. The van der Waals surface area contributed by atoms with Gasteiger partial charge in [-0.1, -0.05) is 45.0 Å². The van der Waals surface area contributed by atoms with Gasteiger partial charge in [-0.05, 0) is 115 Å². The molecule has 0 saturated carbocycles. The highest BCUT2D eigenvalue weighted by molar-refractivity contribution is 7.92. The Bertz CT molecular complexity index is 3100. The van der Waals surface area contributed by atoms with Crippen LogP contribution in [0.1, 0.15) is 106 Å². The summed E-state index contributed by atoms with van der Waals surface area (Å²) in [6.07, 6.45) is 3.21. The minimum atomic E-state index is -3.92. The topological polar surface area (TPSA) is 242 Å². The van der Waals surface area contributed by atoms with Crippen LogP contribution in [0.5, 0.6) is 5.75 Å². The Kier molecular flexibility index (Phi) is 19.9. The van der Waals surface area contributed by atoms with E-state index in [9.17, 15) is 32.0 Å². The van der Waals surface area contributed by atoms with Gasteiger partial charge < -0.3 is 49.3 Å². The number of likely N-dealkylation sites (N-methyl/N-ethyl adjacent to an activating group) is 1. The SMILES string of the molecule is C[C@@H](C(=O)N[C@H](C(=O)N1C[C@@H](OCCOCCOCCOCCOc2cc3nccc(Nc4n[nH]c5ccc(F)cc45)c3cc2S(=O)(=O)C(C)(C)C)C[C@H]1C(=O)N[C@H]1CCCc2ccccc21)C(C)(C)C)N(C)C(=O)OC(C)(C)C. The van der Waals surface area contributed by atoms with Crippen LogP contribution in [-0.2, 0) is 54.3 Å². The summed E-state index contributed by atoms with van der Waals surface area (Å²) < 4.78 is 75.9. The number of hydrogen-bond donors (Lipinski definition) is 4. The van der Waals surface area contributed by atoms with Crippen LogP contribution in [0.4, 0.5) is 20.7 Å². The Morgan fingerprint density at radius 1 is 0.863 bits per heavy atom. The fourth-order valence-corrected chi connectivity index (χ4v) is 10.8. The Morgan fingerprint density at radius 3 is 2.21 bits per heavy atom. The largest absolute Gasteiger partial charge is 0.490 e. The van der Waals surface area contributed by atoms with Gasteiger partial charge in [-0.3, -0.25) is 29.4 Å². The molecule has 3 aromatic carbocycles. The first-order valence-electron chi connectivity index (χ1n) is 27.2. The number of nitrogens with one attached hydrogen (secondary N) is 4. The second-order valence-corrected chi connectivity index (χ2v) is 26.0. The Balaban J connectivity index is 0.878. The lowest BCUT2D eigenvalue weighted by molar-refractivity contribution is -0.144. The number of rotatable bonds is 23. The lowest BCUT2D eigenvalue weighted by Gasteiger charge is -2.37. The van der Waals surface area contributed by atoms with Crippen molar-refractivity contribution in [1.82, 2.24) is 35.6 Å². The van der Waals surface area contributed by atoms with E-state index >= 15 is 0 Å². The zero-order valence-electron chi connectivity index (χ0n) is 47.9. The van der Waals surface area contributed by atoms with Crippen molar-refractivity contribution in [1.29, 1.82) is 0 Å². The van der Waals surface area contributed by atoms with Crippen molar-refractivity contribution >= 4 is 67.0 Å². The van der Waals surface area contributed by atoms with E-state index in [1.54, 1.807) is 72.9 Å². The molecule has 0 bridgehead atoms. The third-order valence-electron chi connectivity index (χ3n) is 14.1. The van der Waals surface area contributed by atoms with Crippen molar-refractivity contribution < 1.29 is 60.4 Å². The van der Waals surface area contributed by atoms with Crippen LogP contribution in [0.15, 0.2) is 71.8 Å². The van der Waals surface area contributed by atoms with E-state index in [1.807, 2.05) is 39.0 Å². The highest BCUT2D eigenvalue weighted by Gasteiger charge is 2.46. The van der Waals surface area contributed by atoms with Crippen molar-refractivity contribution in [2.45, 2.75) is 140 Å². The van der Waals surface area contributed by atoms with E-state index < -0.39 is 73.6 Å². The zero-order valence-corrected chi connectivity index (χ0v) is 48.7. The standard InChI is InChI=1S/C58H79FN8O12S/c1-36(66(11)55(71)79-57(5,6)7)52(68)63-50(56(2,3)4)54(70)67-35-39(32-47(67)53(69)62-43-18-14-16-37-15-12-13-17-40(37)43)77-29-27-75-25-23-74-24-26-76-28-30-78-48-34-46-41(33-49(48)80(72,73)58(8,9)10)44(21-22-60-46)61-51-42-31-38(59)19-20-45(42)64-65-51/h12-13,15,17,19-22,31,33-34,36,39,43,47,50H,14,16,18,23-30,32,35H2,1-11H3,(H,62,69)(H,63,68)(H2,60,61,64,65)/t36-,39-,43-,47-,50+/m0/s1. The normalized spacial score (nSPS) is 17.6. The van der Waals surface area contributed by atoms with Gasteiger partial charge in [0, 0.05) is 43.0 Å². The van der Waals surface area contributed by atoms with Crippen molar-refractivity contribution in [2.75, 3.05) is 71.8 Å². The number of nitrogens with zero attached hydrogens (tertiary/aromatic N) is 4.